The molecule has 0 spiro atoms. The molecular weight excluding hydrogens is 242 g/mol. The van der Waals surface area contributed by atoms with Crippen molar-refractivity contribution in [1.29, 1.82) is 0 Å². The molecule has 3 nitrogen and oxygen atoms in total. The van der Waals surface area contributed by atoms with Crippen LogP contribution >= 0.6 is 11.3 Å². The Hall–Kier alpha value is -1.55. The summed E-state index contributed by atoms with van der Waals surface area (Å²) in [6.45, 7) is 5.30. The van der Waals surface area contributed by atoms with E-state index in [0.717, 1.165) is 24.3 Å². The van der Waals surface area contributed by atoms with E-state index in [2.05, 4.69) is 53.0 Å². The minimum atomic E-state index is 0.313. The fourth-order valence-corrected chi connectivity index (χ4v) is 2.48. The Balaban J connectivity index is 2.00. The molecule has 4 heteroatoms. The first-order valence-corrected chi connectivity index (χ1v) is 7.16. The molecule has 0 aliphatic heterocycles. The van der Waals surface area contributed by atoms with Gasteiger partial charge in [-0.2, -0.15) is 0 Å². The highest BCUT2D eigenvalue weighted by Crippen LogP contribution is 2.23. The second-order valence-corrected chi connectivity index (χ2v) is 5.25. The van der Waals surface area contributed by atoms with Crippen LogP contribution in [0.4, 0.5) is 11.4 Å². The predicted octanol–water partition coefficient (Wildman–Crippen LogP) is 4.14. The molecule has 0 saturated carbocycles. The summed E-state index contributed by atoms with van der Waals surface area (Å²) in [6.07, 6.45) is 4.83. The quantitative estimate of drug-likeness (QED) is 0.820. The number of rotatable bonds is 6. The van der Waals surface area contributed by atoms with E-state index in [9.17, 15) is 0 Å². The van der Waals surface area contributed by atoms with Crippen molar-refractivity contribution < 1.29 is 0 Å². The molecule has 1 atom stereocenters. The normalized spacial score (nSPS) is 12.1. The minimum absolute atomic E-state index is 0.313. The Kier molecular flexibility index (Phi) is 4.59. The summed E-state index contributed by atoms with van der Waals surface area (Å²) in [5.74, 6) is 0. The second kappa shape index (κ2) is 6.40. The number of aromatic nitrogens is 1. The zero-order valence-corrected chi connectivity index (χ0v) is 11.6. The highest BCUT2D eigenvalue weighted by molar-refractivity contribution is 7.10. The zero-order valence-electron chi connectivity index (χ0n) is 10.8. The molecule has 18 heavy (non-hydrogen) atoms. The largest absolute Gasteiger partial charge is 0.384 e. The van der Waals surface area contributed by atoms with Gasteiger partial charge in [0.15, 0.2) is 0 Å². The second-order valence-electron chi connectivity index (χ2n) is 4.27. The fraction of sp³-hybridized carbons (Fsp3) is 0.357. The van der Waals surface area contributed by atoms with Crippen LogP contribution in [0.3, 0.4) is 0 Å². The number of hydrogen-bond donors (Lipinski definition) is 2. The van der Waals surface area contributed by atoms with Crippen molar-refractivity contribution in [2.24, 2.45) is 0 Å². The van der Waals surface area contributed by atoms with E-state index in [-0.39, 0.29) is 0 Å². The van der Waals surface area contributed by atoms with Gasteiger partial charge < -0.3 is 10.6 Å². The SMILES string of the molecule is CCCNc1cncc(NC(C)c2cccs2)c1. The maximum Gasteiger partial charge on any atom is 0.0578 e. The van der Waals surface area contributed by atoms with Gasteiger partial charge in [-0.15, -0.1) is 11.3 Å². The predicted molar refractivity (Wildman–Crippen MR) is 79.4 cm³/mol. The van der Waals surface area contributed by atoms with E-state index in [1.54, 1.807) is 11.3 Å². The minimum Gasteiger partial charge on any atom is -0.384 e. The van der Waals surface area contributed by atoms with Gasteiger partial charge in [0.2, 0.25) is 0 Å². The van der Waals surface area contributed by atoms with Gasteiger partial charge in [-0.05, 0) is 30.9 Å². The number of nitrogens with zero attached hydrogens (tertiary/aromatic N) is 1. The van der Waals surface area contributed by atoms with Crippen molar-refractivity contribution in [3.8, 4) is 0 Å². The van der Waals surface area contributed by atoms with E-state index in [1.807, 2.05) is 12.4 Å². The van der Waals surface area contributed by atoms with Crippen molar-refractivity contribution in [3.05, 3.63) is 40.8 Å². The maximum absolute atomic E-state index is 4.25. The van der Waals surface area contributed by atoms with Gasteiger partial charge in [0.1, 0.15) is 0 Å². The Bertz CT molecular complexity index is 468. The van der Waals surface area contributed by atoms with Gasteiger partial charge in [0, 0.05) is 11.4 Å². The molecule has 0 aliphatic rings. The van der Waals surface area contributed by atoms with E-state index in [4.69, 9.17) is 0 Å². The van der Waals surface area contributed by atoms with E-state index in [1.165, 1.54) is 4.88 Å². The molecule has 0 saturated heterocycles. The lowest BCUT2D eigenvalue weighted by atomic mass is 10.2. The summed E-state index contributed by atoms with van der Waals surface area (Å²) < 4.78 is 0. The zero-order chi connectivity index (χ0) is 12.8. The van der Waals surface area contributed by atoms with Gasteiger partial charge in [-0.25, -0.2) is 0 Å². The van der Waals surface area contributed by atoms with Gasteiger partial charge in [0.25, 0.3) is 0 Å². The number of anilines is 2. The standard InChI is InChI=1S/C14H19N3S/c1-3-6-16-12-8-13(10-15-9-12)17-11(2)14-5-4-7-18-14/h4-5,7-11,16-17H,3,6H2,1-2H3. The molecule has 2 aromatic heterocycles. The third-order valence-electron chi connectivity index (χ3n) is 2.67. The number of hydrogen-bond acceptors (Lipinski definition) is 4. The molecule has 0 aliphatic carbocycles. The molecule has 0 amide bonds. The van der Waals surface area contributed by atoms with Crippen LogP contribution in [0.1, 0.15) is 31.2 Å². The fourth-order valence-electron chi connectivity index (χ4n) is 1.74. The highest BCUT2D eigenvalue weighted by atomic mass is 32.1. The van der Waals surface area contributed by atoms with Gasteiger partial charge in [-0.3, -0.25) is 4.98 Å². The molecule has 0 aromatic carbocycles. The molecular formula is C14H19N3S. The van der Waals surface area contributed by atoms with Crippen molar-refractivity contribution in [1.82, 2.24) is 4.98 Å². The summed E-state index contributed by atoms with van der Waals surface area (Å²) in [5.41, 5.74) is 2.12. The van der Waals surface area contributed by atoms with Crippen LogP contribution in [0.25, 0.3) is 0 Å². The van der Waals surface area contributed by atoms with Crippen LogP contribution in [0, 0.1) is 0 Å². The monoisotopic (exact) mass is 261 g/mol. The summed E-state index contributed by atoms with van der Waals surface area (Å²) in [7, 11) is 0. The average molecular weight is 261 g/mol. The molecule has 0 bridgehead atoms. The first kappa shape index (κ1) is 12.9. The Morgan fingerprint density at radius 2 is 2.17 bits per heavy atom. The molecule has 1 unspecified atom stereocenters. The summed E-state index contributed by atoms with van der Waals surface area (Å²) >= 11 is 1.77. The smallest absolute Gasteiger partial charge is 0.0578 e. The van der Waals surface area contributed by atoms with Crippen LogP contribution in [-0.2, 0) is 0 Å². The number of pyridine rings is 1. The van der Waals surface area contributed by atoms with Gasteiger partial charge in [0.05, 0.1) is 29.8 Å². The van der Waals surface area contributed by atoms with Crippen LogP contribution in [0.2, 0.25) is 0 Å². The van der Waals surface area contributed by atoms with E-state index >= 15 is 0 Å². The topological polar surface area (TPSA) is 37.0 Å². The van der Waals surface area contributed by atoms with Gasteiger partial charge in [-0.1, -0.05) is 13.0 Å². The average Bonchev–Trinajstić information content (AvgIpc) is 2.91. The molecule has 2 N–H and O–H groups in total. The molecule has 0 fully saturated rings. The Morgan fingerprint density at radius 1 is 1.33 bits per heavy atom. The number of thiophene rings is 1. The van der Waals surface area contributed by atoms with Crippen LogP contribution in [-0.4, -0.2) is 11.5 Å². The third-order valence-corrected chi connectivity index (χ3v) is 3.73. The lowest BCUT2D eigenvalue weighted by Gasteiger charge is -2.14. The molecule has 96 valence electrons. The summed E-state index contributed by atoms with van der Waals surface area (Å²) in [4.78, 5) is 5.59. The third kappa shape index (κ3) is 3.47. The van der Waals surface area contributed by atoms with Crippen molar-refractivity contribution >= 4 is 22.7 Å². The van der Waals surface area contributed by atoms with Crippen molar-refractivity contribution in [2.75, 3.05) is 17.2 Å². The molecule has 0 radical (unpaired) electrons. The van der Waals surface area contributed by atoms with Crippen molar-refractivity contribution in [2.45, 2.75) is 26.3 Å². The highest BCUT2D eigenvalue weighted by Gasteiger charge is 2.06. The molecule has 2 rings (SSSR count). The van der Waals surface area contributed by atoms with E-state index in [0.29, 0.717) is 6.04 Å². The lowest BCUT2D eigenvalue weighted by Crippen LogP contribution is -2.06. The van der Waals surface area contributed by atoms with Crippen LogP contribution < -0.4 is 10.6 Å². The Labute approximate surface area is 112 Å². The van der Waals surface area contributed by atoms with E-state index < -0.39 is 0 Å². The summed E-state index contributed by atoms with van der Waals surface area (Å²) in [6, 6.07) is 6.64. The number of nitrogens with one attached hydrogen (secondary N) is 2. The lowest BCUT2D eigenvalue weighted by molar-refractivity contribution is 0.905. The first-order valence-electron chi connectivity index (χ1n) is 6.28. The van der Waals surface area contributed by atoms with Gasteiger partial charge >= 0.3 is 0 Å². The van der Waals surface area contributed by atoms with Crippen LogP contribution in [0.5, 0.6) is 0 Å². The summed E-state index contributed by atoms with van der Waals surface area (Å²) in [5, 5.41) is 8.91. The Morgan fingerprint density at radius 3 is 2.89 bits per heavy atom. The maximum atomic E-state index is 4.25. The van der Waals surface area contributed by atoms with Crippen LogP contribution in [0.15, 0.2) is 36.0 Å². The van der Waals surface area contributed by atoms with Crippen molar-refractivity contribution in [3.63, 3.8) is 0 Å². The molecule has 2 heterocycles. The molecule has 2 aromatic rings. The first-order chi connectivity index (χ1) is 8.79.